The highest BCUT2D eigenvalue weighted by atomic mass is 35.5. The molecule has 4 rings (SSSR count). The van der Waals surface area contributed by atoms with E-state index in [-0.39, 0.29) is 16.6 Å². The van der Waals surface area contributed by atoms with Crippen molar-refractivity contribution in [1.29, 1.82) is 0 Å². The molecule has 2 N–H and O–H groups in total. The molecule has 11 heteroatoms. The Balaban J connectivity index is 1.40. The molecule has 0 bridgehead atoms. The Morgan fingerprint density at radius 1 is 1.28 bits per heavy atom. The molecule has 3 aromatic rings. The van der Waals surface area contributed by atoms with Crippen molar-refractivity contribution >= 4 is 56.1 Å². The molecule has 0 unspecified atom stereocenters. The first-order valence-electron chi connectivity index (χ1n) is 8.96. The van der Waals surface area contributed by atoms with Gasteiger partial charge in [-0.2, -0.15) is 4.31 Å². The number of halogens is 1. The Hall–Kier alpha value is -2.14. The summed E-state index contributed by atoms with van der Waals surface area (Å²) in [6.45, 7) is 1.07. The van der Waals surface area contributed by atoms with Gasteiger partial charge in [0.1, 0.15) is 0 Å². The zero-order valence-corrected chi connectivity index (χ0v) is 17.6. The zero-order valence-electron chi connectivity index (χ0n) is 15.3. The molecule has 29 heavy (non-hydrogen) atoms. The number of H-pyrrole nitrogens is 1. The summed E-state index contributed by atoms with van der Waals surface area (Å²) >= 11 is 7.13. The summed E-state index contributed by atoms with van der Waals surface area (Å²) in [5.41, 5.74) is 1.66. The van der Waals surface area contributed by atoms with Crippen LogP contribution < -0.4 is 5.32 Å². The van der Waals surface area contributed by atoms with E-state index in [1.807, 2.05) is 0 Å². The zero-order chi connectivity index (χ0) is 20.4. The van der Waals surface area contributed by atoms with Crippen LogP contribution in [-0.2, 0) is 14.8 Å². The normalized spacial score (nSPS) is 15.1. The van der Waals surface area contributed by atoms with Gasteiger partial charge in [-0.1, -0.05) is 29.4 Å². The van der Waals surface area contributed by atoms with E-state index < -0.39 is 10.0 Å². The van der Waals surface area contributed by atoms with Gasteiger partial charge >= 0.3 is 0 Å². The van der Waals surface area contributed by atoms with Gasteiger partial charge in [-0.25, -0.2) is 18.4 Å². The number of imidazole rings is 1. The molecule has 1 saturated heterocycles. The van der Waals surface area contributed by atoms with Crippen molar-refractivity contribution in [3.05, 3.63) is 41.6 Å². The summed E-state index contributed by atoms with van der Waals surface area (Å²) < 4.78 is 26.8. The van der Waals surface area contributed by atoms with Gasteiger partial charge in [-0.15, -0.1) is 0 Å². The third kappa shape index (κ3) is 4.55. The molecule has 1 aliphatic heterocycles. The molecule has 1 aromatic carbocycles. The predicted molar refractivity (Wildman–Crippen MR) is 113 cm³/mol. The van der Waals surface area contributed by atoms with E-state index in [9.17, 15) is 13.2 Å². The van der Waals surface area contributed by atoms with Gasteiger partial charge in [0.2, 0.25) is 15.9 Å². The molecule has 152 valence electrons. The Morgan fingerprint density at radius 3 is 2.86 bits per heavy atom. The second kappa shape index (κ2) is 8.31. The minimum absolute atomic E-state index is 0.108. The summed E-state index contributed by atoms with van der Waals surface area (Å²) in [4.78, 5) is 24.0. The van der Waals surface area contributed by atoms with Gasteiger partial charge < -0.3 is 10.3 Å². The van der Waals surface area contributed by atoms with Gasteiger partial charge in [-0.05, 0) is 37.1 Å². The van der Waals surface area contributed by atoms with Gasteiger partial charge in [0, 0.05) is 25.0 Å². The number of aromatic amines is 1. The molecule has 1 fully saturated rings. The SMILES string of the molecule is O=C(CSc1nc2ncc(Cl)cc2[nH]1)Nc1cccc(S(=O)(=O)N2CCCC2)c1. The van der Waals surface area contributed by atoms with Crippen LogP contribution in [0, 0.1) is 0 Å². The van der Waals surface area contributed by atoms with Gasteiger partial charge in [0.15, 0.2) is 10.8 Å². The summed E-state index contributed by atoms with van der Waals surface area (Å²) in [5, 5.41) is 3.79. The molecular formula is C18H18ClN5O3S2. The molecule has 0 spiro atoms. The van der Waals surface area contributed by atoms with E-state index in [0.29, 0.717) is 40.1 Å². The van der Waals surface area contributed by atoms with Crippen molar-refractivity contribution in [2.45, 2.75) is 22.9 Å². The number of sulfonamides is 1. The number of amides is 1. The molecule has 0 saturated carbocycles. The highest BCUT2D eigenvalue weighted by molar-refractivity contribution is 7.99. The maximum Gasteiger partial charge on any atom is 0.243 e. The quantitative estimate of drug-likeness (QED) is 0.557. The number of nitrogens with one attached hydrogen (secondary N) is 2. The van der Waals surface area contributed by atoms with E-state index in [1.165, 1.54) is 28.3 Å². The fourth-order valence-corrected chi connectivity index (χ4v) is 5.46. The molecule has 8 nitrogen and oxygen atoms in total. The van der Waals surface area contributed by atoms with E-state index in [2.05, 4.69) is 20.3 Å². The highest BCUT2D eigenvalue weighted by Crippen LogP contribution is 2.24. The second-order valence-corrected chi connectivity index (χ2v) is 9.88. The minimum atomic E-state index is -3.53. The molecule has 3 heterocycles. The smallest absolute Gasteiger partial charge is 0.243 e. The Labute approximate surface area is 177 Å². The van der Waals surface area contributed by atoms with Crippen molar-refractivity contribution < 1.29 is 13.2 Å². The van der Waals surface area contributed by atoms with Gasteiger partial charge in [0.05, 0.1) is 21.2 Å². The summed E-state index contributed by atoms with van der Waals surface area (Å²) in [5.74, 6) is -0.159. The van der Waals surface area contributed by atoms with Crippen molar-refractivity contribution in [2.24, 2.45) is 0 Å². The van der Waals surface area contributed by atoms with Crippen LogP contribution in [0.3, 0.4) is 0 Å². The van der Waals surface area contributed by atoms with E-state index in [0.717, 1.165) is 12.8 Å². The number of anilines is 1. The highest BCUT2D eigenvalue weighted by Gasteiger charge is 2.27. The third-order valence-electron chi connectivity index (χ3n) is 4.44. The topological polar surface area (TPSA) is 108 Å². The lowest BCUT2D eigenvalue weighted by Gasteiger charge is -2.16. The van der Waals surface area contributed by atoms with Crippen molar-refractivity contribution in [3.8, 4) is 0 Å². The molecule has 0 aliphatic carbocycles. The van der Waals surface area contributed by atoms with Crippen molar-refractivity contribution in [2.75, 3.05) is 24.2 Å². The van der Waals surface area contributed by atoms with Gasteiger partial charge in [-0.3, -0.25) is 4.79 Å². The predicted octanol–water partition coefficient (Wildman–Crippen LogP) is 3.13. The lowest BCUT2D eigenvalue weighted by Crippen LogP contribution is -2.28. The van der Waals surface area contributed by atoms with Crippen LogP contribution in [0.25, 0.3) is 11.2 Å². The summed E-state index contributed by atoms with van der Waals surface area (Å²) in [6.07, 6.45) is 3.25. The number of nitrogens with zero attached hydrogens (tertiary/aromatic N) is 3. The maximum absolute atomic E-state index is 12.7. The number of benzene rings is 1. The average Bonchev–Trinajstić information content (AvgIpc) is 3.36. The molecule has 0 radical (unpaired) electrons. The number of pyridine rings is 1. The van der Waals surface area contributed by atoms with E-state index >= 15 is 0 Å². The van der Waals surface area contributed by atoms with Crippen LogP contribution in [-0.4, -0.2) is 52.4 Å². The molecule has 2 aromatic heterocycles. The monoisotopic (exact) mass is 451 g/mol. The van der Waals surface area contributed by atoms with Crippen molar-refractivity contribution in [1.82, 2.24) is 19.3 Å². The number of carbonyl (C=O) groups is 1. The Morgan fingerprint density at radius 2 is 2.07 bits per heavy atom. The van der Waals surface area contributed by atoms with Gasteiger partial charge in [0.25, 0.3) is 0 Å². The number of fused-ring (bicyclic) bond motifs is 1. The molecule has 1 amide bonds. The number of rotatable bonds is 6. The standard InChI is InChI=1S/C18H18ClN5O3S2/c19-12-8-15-17(20-10-12)23-18(22-15)28-11-16(25)21-13-4-3-5-14(9-13)29(26,27)24-6-1-2-7-24/h3-5,8-10H,1-2,6-7,11H2,(H,21,25)(H,20,22,23). The number of carbonyl (C=O) groups excluding carboxylic acids is 1. The largest absolute Gasteiger partial charge is 0.331 e. The first-order valence-corrected chi connectivity index (χ1v) is 11.8. The van der Waals surface area contributed by atoms with Crippen LogP contribution >= 0.6 is 23.4 Å². The third-order valence-corrected chi connectivity index (χ3v) is 7.42. The fourth-order valence-electron chi connectivity index (χ4n) is 3.06. The molecule has 0 atom stereocenters. The first kappa shape index (κ1) is 20.1. The average molecular weight is 452 g/mol. The van der Waals surface area contributed by atoms with Crippen LogP contribution in [0.5, 0.6) is 0 Å². The van der Waals surface area contributed by atoms with E-state index in [4.69, 9.17) is 11.6 Å². The number of thioether (sulfide) groups is 1. The summed E-state index contributed by atoms with van der Waals surface area (Å²) in [6, 6.07) is 8.04. The fraction of sp³-hybridized carbons (Fsp3) is 0.278. The summed E-state index contributed by atoms with van der Waals surface area (Å²) in [7, 11) is -3.53. The Kier molecular flexibility index (Phi) is 5.77. The number of hydrogen-bond donors (Lipinski definition) is 2. The lowest BCUT2D eigenvalue weighted by molar-refractivity contribution is -0.113. The van der Waals surface area contributed by atoms with Crippen LogP contribution in [0.4, 0.5) is 5.69 Å². The molecular weight excluding hydrogens is 434 g/mol. The van der Waals surface area contributed by atoms with Crippen LogP contribution in [0.15, 0.2) is 46.6 Å². The number of aromatic nitrogens is 3. The Bertz CT molecular complexity index is 1160. The lowest BCUT2D eigenvalue weighted by atomic mass is 10.3. The van der Waals surface area contributed by atoms with E-state index in [1.54, 1.807) is 24.3 Å². The van der Waals surface area contributed by atoms with Crippen LogP contribution in [0.2, 0.25) is 5.02 Å². The first-order chi connectivity index (χ1) is 13.9. The minimum Gasteiger partial charge on any atom is -0.331 e. The van der Waals surface area contributed by atoms with Crippen LogP contribution in [0.1, 0.15) is 12.8 Å². The van der Waals surface area contributed by atoms with Crippen molar-refractivity contribution in [3.63, 3.8) is 0 Å². The number of hydrogen-bond acceptors (Lipinski definition) is 6. The molecule has 1 aliphatic rings. The second-order valence-electron chi connectivity index (χ2n) is 6.54. The maximum atomic E-state index is 12.7.